The minimum Gasteiger partial charge on any atom is -0.763 e. The maximum atomic E-state index is 11.5. The van der Waals surface area contributed by atoms with Crippen LogP contribution in [0.25, 0.3) is 11.6 Å². The summed E-state index contributed by atoms with van der Waals surface area (Å²) < 4.78 is 6.95. The number of carbonyl (C=O) groups excluding carboxylic acids is 1. The highest BCUT2D eigenvalue weighted by atomic mass is 16.6. The molecule has 0 N–H and O–H groups in total. The number of aromatic nitrogens is 1. The third-order valence-corrected chi connectivity index (χ3v) is 2.60. The van der Waals surface area contributed by atoms with Gasteiger partial charge in [-0.2, -0.15) is 4.57 Å². The van der Waals surface area contributed by atoms with Crippen molar-refractivity contribution in [1.82, 2.24) is 0 Å². The van der Waals surface area contributed by atoms with Crippen LogP contribution < -0.4 is 4.57 Å². The number of carbonyl (C=O) groups is 1. The summed E-state index contributed by atoms with van der Waals surface area (Å²) >= 11 is 0. The summed E-state index contributed by atoms with van der Waals surface area (Å²) in [6.45, 7) is 3.54. The van der Waals surface area contributed by atoms with Gasteiger partial charge in [0.1, 0.15) is 5.60 Å². The van der Waals surface area contributed by atoms with Crippen molar-refractivity contribution in [3.63, 3.8) is 0 Å². The number of ether oxygens (including phenoxy) is 1. The number of pyridine rings is 1. The van der Waals surface area contributed by atoms with E-state index in [1.165, 1.54) is 0 Å². The van der Waals surface area contributed by atoms with Gasteiger partial charge in [0, 0.05) is 12.1 Å². The standard InChI is InChI=1S/C13H12N2O2/c1-13(2)11(10(8-14)12(16)17-13)9-15-6-4-3-5-7-15/h3-7,9H,1-2H3. The van der Waals surface area contributed by atoms with Gasteiger partial charge in [-0.25, -0.2) is 4.79 Å². The monoisotopic (exact) mass is 228 g/mol. The zero-order valence-corrected chi connectivity index (χ0v) is 9.68. The molecule has 4 heteroatoms. The van der Waals surface area contributed by atoms with Crippen LogP contribution in [-0.2, 0) is 9.53 Å². The molecule has 1 aliphatic rings. The fourth-order valence-corrected chi connectivity index (χ4v) is 1.72. The third-order valence-electron chi connectivity index (χ3n) is 2.60. The molecule has 0 saturated carbocycles. The van der Waals surface area contributed by atoms with Crippen LogP contribution in [0.15, 0.2) is 41.7 Å². The molecule has 0 radical (unpaired) electrons. The van der Waals surface area contributed by atoms with E-state index < -0.39 is 11.6 Å². The molecule has 1 aliphatic heterocycles. The van der Waals surface area contributed by atoms with Crippen LogP contribution in [0.5, 0.6) is 0 Å². The lowest BCUT2D eigenvalue weighted by atomic mass is 9.96. The van der Waals surface area contributed by atoms with E-state index in [2.05, 4.69) is 0 Å². The summed E-state index contributed by atoms with van der Waals surface area (Å²) in [7, 11) is 0. The van der Waals surface area contributed by atoms with E-state index >= 15 is 0 Å². The average Bonchev–Trinajstić information content (AvgIpc) is 2.50. The van der Waals surface area contributed by atoms with Crippen molar-refractivity contribution in [3.8, 4) is 0 Å². The first-order valence-electron chi connectivity index (χ1n) is 5.23. The summed E-state index contributed by atoms with van der Waals surface area (Å²) in [4.78, 5) is 11.5. The SMILES string of the molecule is CC1(C)OC(=O)C(=C=[N-])C1=C[n+]1ccccc1. The Morgan fingerprint density at radius 1 is 1.35 bits per heavy atom. The first kappa shape index (κ1) is 11.3. The Hall–Kier alpha value is -2.19. The largest absolute Gasteiger partial charge is 0.763 e. The molecule has 0 amide bonds. The average molecular weight is 228 g/mol. The van der Waals surface area contributed by atoms with Gasteiger partial charge in [-0.1, -0.05) is 6.07 Å². The summed E-state index contributed by atoms with van der Waals surface area (Å²) in [5, 5.41) is 8.98. The Morgan fingerprint density at radius 2 is 2.00 bits per heavy atom. The molecule has 17 heavy (non-hydrogen) atoms. The van der Waals surface area contributed by atoms with Crippen molar-refractivity contribution < 1.29 is 14.1 Å². The van der Waals surface area contributed by atoms with Crippen LogP contribution in [0.3, 0.4) is 0 Å². The van der Waals surface area contributed by atoms with E-state index in [9.17, 15) is 4.79 Å². The number of hydrogen-bond acceptors (Lipinski definition) is 2. The van der Waals surface area contributed by atoms with Gasteiger partial charge in [-0.15, -0.1) is 0 Å². The third kappa shape index (κ3) is 2.03. The Kier molecular flexibility index (Phi) is 2.66. The molecular weight excluding hydrogens is 216 g/mol. The number of hydrogen-bond donors (Lipinski definition) is 0. The molecule has 1 fully saturated rings. The van der Waals surface area contributed by atoms with Gasteiger partial charge in [0.15, 0.2) is 18.6 Å². The summed E-state index contributed by atoms with van der Waals surface area (Å²) in [6.07, 6.45) is 5.41. The van der Waals surface area contributed by atoms with E-state index in [1.54, 1.807) is 24.6 Å². The van der Waals surface area contributed by atoms with Crippen LogP contribution in [-0.4, -0.2) is 17.4 Å². The molecule has 0 unspecified atom stereocenters. The maximum absolute atomic E-state index is 11.5. The highest BCUT2D eigenvalue weighted by Gasteiger charge is 2.42. The van der Waals surface area contributed by atoms with Crippen molar-refractivity contribution in [3.05, 3.63) is 47.1 Å². The minimum atomic E-state index is -0.759. The molecule has 0 aliphatic carbocycles. The number of rotatable bonds is 1. The molecule has 0 spiro atoms. The van der Waals surface area contributed by atoms with Crippen molar-refractivity contribution in [2.24, 2.45) is 0 Å². The van der Waals surface area contributed by atoms with E-state index in [1.807, 2.05) is 36.5 Å². The van der Waals surface area contributed by atoms with Gasteiger partial charge in [0.05, 0.1) is 11.1 Å². The minimum absolute atomic E-state index is 0.0753. The number of esters is 1. The van der Waals surface area contributed by atoms with Crippen LogP contribution in [0.1, 0.15) is 13.8 Å². The molecule has 1 aromatic rings. The highest BCUT2D eigenvalue weighted by Crippen LogP contribution is 2.34. The molecule has 0 atom stereocenters. The molecule has 86 valence electrons. The van der Waals surface area contributed by atoms with Gasteiger partial charge in [-0.05, 0) is 13.8 Å². The van der Waals surface area contributed by atoms with Crippen molar-refractivity contribution in [2.45, 2.75) is 19.4 Å². The summed E-state index contributed by atoms with van der Waals surface area (Å²) in [5.41, 5.74) is -0.0853. The maximum Gasteiger partial charge on any atom is 0.345 e. The Morgan fingerprint density at radius 3 is 2.59 bits per heavy atom. The summed E-state index contributed by atoms with van der Waals surface area (Å²) in [5.74, 6) is 1.34. The second-order valence-corrected chi connectivity index (χ2v) is 4.25. The molecule has 1 aromatic heterocycles. The van der Waals surface area contributed by atoms with E-state index in [-0.39, 0.29) is 5.57 Å². The van der Waals surface area contributed by atoms with Gasteiger partial charge in [-0.3, -0.25) is 5.87 Å². The molecule has 1 saturated heterocycles. The molecule has 0 aromatic carbocycles. The van der Waals surface area contributed by atoms with Crippen molar-refractivity contribution >= 4 is 18.0 Å². The zero-order chi connectivity index (χ0) is 12.5. The lowest BCUT2D eigenvalue weighted by molar-refractivity contribution is -0.569. The van der Waals surface area contributed by atoms with Gasteiger partial charge >= 0.3 is 5.97 Å². The van der Waals surface area contributed by atoms with Crippen LogP contribution >= 0.6 is 0 Å². The first-order valence-corrected chi connectivity index (χ1v) is 5.23. The molecule has 2 rings (SSSR count). The van der Waals surface area contributed by atoms with Crippen molar-refractivity contribution in [1.29, 1.82) is 0 Å². The second-order valence-electron chi connectivity index (χ2n) is 4.25. The molecule has 2 heterocycles. The highest BCUT2D eigenvalue weighted by molar-refractivity contribution is 6.07. The van der Waals surface area contributed by atoms with Gasteiger partial charge < -0.3 is 10.1 Å². The zero-order valence-electron chi connectivity index (χ0n) is 9.68. The van der Waals surface area contributed by atoms with Gasteiger partial charge in [0.25, 0.3) is 0 Å². The second kappa shape index (κ2) is 4.00. The fourth-order valence-electron chi connectivity index (χ4n) is 1.72. The topological polar surface area (TPSA) is 52.5 Å². The fraction of sp³-hybridized carbons (Fsp3) is 0.231. The first-order chi connectivity index (χ1) is 8.04. The number of cyclic esters (lactones) is 1. The number of nitrogens with zero attached hydrogens (tertiary/aromatic N) is 2. The Bertz CT molecular complexity index is 538. The smallest absolute Gasteiger partial charge is 0.345 e. The summed E-state index contributed by atoms with van der Waals surface area (Å²) in [6, 6.07) is 5.63. The predicted molar refractivity (Wildman–Crippen MR) is 63.0 cm³/mol. The van der Waals surface area contributed by atoms with E-state index in [4.69, 9.17) is 10.1 Å². The normalized spacial score (nSPS) is 20.2. The Balaban J connectivity index is 2.53. The molecule has 4 nitrogen and oxygen atoms in total. The van der Waals surface area contributed by atoms with Crippen LogP contribution in [0, 0.1) is 0 Å². The van der Waals surface area contributed by atoms with Crippen LogP contribution in [0.2, 0.25) is 0 Å². The van der Waals surface area contributed by atoms with E-state index in [0.717, 1.165) is 0 Å². The van der Waals surface area contributed by atoms with Crippen LogP contribution in [0.4, 0.5) is 0 Å². The Labute approximate surface area is 99.4 Å². The predicted octanol–water partition coefficient (Wildman–Crippen LogP) is 1.32. The lowest BCUT2D eigenvalue weighted by Gasteiger charge is -2.15. The lowest BCUT2D eigenvalue weighted by Crippen LogP contribution is -2.29. The van der Waals surface area contributed by atoms with E-state index in [0.29, 0.717) is 5.57 Å². The molecular formula is C13H12N2O2. The van der Waals surface area contributed by atoms with Gasteiger partial charge in [0.2, 0.25) is 0 Å². The molecule has 0 bridgehead atoms. The quantitative estimate of drug-likeness (QED) is 0.315. The van der Waals surface area contributed by atoms with Crippen molar-refractivity contribution in [2.75, 3.05) is 0 Å².